The minimum atomic E-state index is -0.359. The summed E-state index contributed by atoms with van der Waals surface area (Å²) in [6.45, 7) is 3.92. The zero-order valence-electron chi connectivity index (χ0n) is 20.9. The van der Waals surface area contributed by atoms with Gasteiger partial charge in [-0.15, -0.1) is 0 Å². The van der Waals surface area contributed by atoms with Crippen LogP contribution in [0.5, 0.6) is 5.75 Å². The van der Waals surface area contributed by atoms with Crippen molar-refractivity contribution in [2.24, 2.45) is 5.73 Å². The number of hydrogen-bond donors (Lipinski definition) is 1. The van der Waals surface area contributed by atoms with E-state index in [2.05, 4.69) is 0 Å². The number of para-hydroxylation sites is 1. The molecule has 3 amide bonds. The molecule has 0 saturated carbocycles. The largest absolute Gasteiger partial charge is 0.494 e. The van der Waals surface area contributed by atoms with E-state index in [4.69, 9.17) is 22.1 Å². The van der Waals surface area contributed by atoms with E-state index in [-0.39, 0.29) is 36.2 Å². The summed E-state index contributed by atoms with van der Waals surface area (Å²) >= 11 is 6.08. The number of amides is 3. The van der Waals surface area contributed by atoms with Crippen LogP contribution in [0.4, 0.5) is 11.4 Å². The first-order valence-corrected chi connectivity index (χ1v) is 12.6. The van der Waals surface area contributed by atoms with Crippen molar-refractivity contribution in [1.29, 1.82) is 0 Å². The lowest BCUT2D eigenvalue weighted by molar-refractivity contribution is -0.118. The Labute approximate surface area is 221 Å². The number of benzene rings is 3. The fraction of sp³-hybridized carbons (Fsp3) is 0.276. The first kappa shape index (κ1) is 26.2. The Bertz CT molecular complexity index is 1280. The quantitative estimate of drug-likeness (QED) is 0.397. The monoisotopic (exact) mass is 519 g/mol. The molecule has 8 heteroatoms. The van der Waals surface area contributed by atoms with Crippen LogP contribution >= 0.6 is 11.6 Å². The van der Waals surface area contributed by atoms with Crippen LogP contribution in [-0.2, 0) is 9.59 Å². The van der Waals surface area contributed by atoms with Crippen LogP contribution in [-0.4, -0.2) is 30.4 Å². The van der Waals surface area contributed by atoms with Gasteiger partial charge in [0, 0.05) is 41.3 Å². The Morgan fingerprint density at radius 3 is 2.35 bits per heavy atom. The first-order chi connectivity index (χ1) is 17.8. The van der Waals surface area contributed by atoms with Crippen molar-refractivity contribution in [2.45, 2.75) is 45.2 Å². The van der Waals surface area contributed by atoms with Crippen LogP contribution in [0.1, 0.15) is 55.1 Å². The Balaban J connectivity index is 1.59. The molecule has 0 aromatic heterocycles. The molecule has 2 atom stereocenters. The number of primary amides is 1. The molecule has 1 aliphatic heterocycles. The molecule has 4 rings (SSSR count). The average Bonchev–Trinajstić information content (AvgIpc) is 2.88. The minimum absolute atomic E-state index is 0.0829. The predicted molar refractivity (Wildman–Crippen MR) is 145 cm³/mol. The minimum Gasteiger partial charge on any atom is -0.494 e. The molecule has 37 heavy (non-hydrogen) atoms. The maximum Gasteiger partial charge on any atom is 0.258 e. The highest BCUT2D eigenvalue weighted by molar-refractivity contribution is 6.30. The lowest BCUT2D eigenvalue weighted by Crippen LogP contribution is -2.47. The van der Waals surface area contributed by atoms with Crippen LogP contribution < -0.4 is 20.3 Å². The number of ether oxygens (including phenoxy) is 1. The summed E-state index contributed by atoms with van der Waals surface area (Å²) in [6, 6.07) is 21.5. The smallest absolute Gasteiger partial charge is 0.258 e. The number of carbonyl (C=O) groups is 3. The van der Waals surface area contributed by atoms with Gasteiger partial charge in [0.15, 0.2) is 0 Å². The second-order valence-corrected chi connectivity index (χ2v) is 9.58. The molecule has 3 aromatic rings. The van der Waals surface area contributed by atoms with Crippen LogP contribution in [0.25, 0.3) is 0 Å². The van der Waals surface area contributed by atoms with E-state index < -0.39 is 0 Å². The fourth-order valence-corrected chi connectivity index (χ4v) is 4.91. The van der Waals surface area contributed by atoms with Gasteiger partial charge in [-0.25, -0.2) is 0 Å². The van der Waals surface area contributed by atoms with Crippen molar-refractivity contribution in [2.75, 3.05) is 16.4 Å². The summed E-state index contributed by atoms with van der Waals surface area (Å²) in [6.07, 6.45) is 1.38. The van der Waals surface area contributed by atoms with Crippen LogP contribution in [0, 0.1) is 0 Å². The molecule has 1 aliphatic rings. The number of rotatable bonds is 8. The van der Waals surface area contributed by atoms with Crippen molar-refractivity contribution >= 4 is 40.7 Å². The summed E-state index contributed by atoms with van der Waals surface area (Å²) in [5, 5.41) is 0.600. The number of nitrogens with zero attached hydrogens (tertiary/aromatic N) is 2. The topological polar surface area (TPSA) is 92.9 Å². The lowest BCUT2D eigenvalue weighted by Gasteiger charge is -2.43. The van der Waals surface area contributed by atoms with Crippen molar-refractivity contribution in [3.8, 4) is 5.75 Å². The molecule has 0 saturated heterocycles. The SMILES string of the molecule is CC(=O)N(c1ccc(Cl)cc1)[C@@H]1C[C@H](C)N(C(=O)c2ccc(OCCCC(N)=O)cc2)c2ccccc21. The number of carbonyl (C=O) groups excluding carboxylic acids is 3. The molecular formula is C29H30ClN3O4. The van der Waals surface area contributed by atoms with Gasteiger partial charge in [0.1, 0.15) is 5.75 Å². The Hall–Kier alpha value is -3.84. The lowest BCUT2D eigenvalue weighted by atomic mass is 9.89. The molecule has 1 heterocycles. The number of nitrogens with two attached hydrogens (primary N) is 1. The third-order valence-electron chi connectivity index (χ3n) is 6.47. The average molecular weight is 520 g/mol. The van der Waals surface area contributed by atoms with Gasteiger partial charge in [-0.3, -0.25) is 14.4 Å². The van der Waals surface area contributed by atoms with Crippen molar-refractivity contribution in [3.63, 3.8) is 0 Å². The van der Waals surface area contributed by atoms with E-state index >= 15 is 0 Å². The maximum atomic E-state index is 13.7. The van der Waals surface area contributed by atoms with Gasteiger partial charge in [0.05, 0.1) is 12.6 Å². The Morgan fingerprint density at radius 1 is 1.03 bits per heavy atom. The van der Waals surface area contributed by atoms with E-state index in [0.29, 0.717) is 35.8 Å². The summed E-state index contributed by atoms with van der Waals surface area (Å²) in [7, 11) is 0. The van der Waals surface area contributed by atoms with E-state index in [1.165, 1.54) is 0 Å². The van der Waals surface area contributed by atoms with Gasteiger partial charge in [0.25, 0.3) is 5.91 Å². The molecule has 192 valence electrons. The summed E-state index contributed by atoms with van der Waals surface area (Å²) in [5.74, 6) is 0.0515. The summed E-state index contributed by atoms with van der Waals surface area (Å²) in [5.41, 5.74) is 8.14. The van der Waals surface area contributed by atoms with Crippen molar-refractivity contribution in [1.82, 2.24) is 0 Å². The predicted octanol–water partition coefficient (Wildman–Crippen LogP) is 5.52. The van der Waals surface area contributed by atoms with Crippen molar-refractivity contribution in [3.05, 3.63) is 88.9 Å². The zero-order chi connectivity index (χ0) is 26.5. The van der Waals surface area contributed by atoms with Gasteiger partial charge in [-0.05, 0) is 79.9 Å². The second-order valence-electron chi connectivity index (χ2n) is 9.14. The standard InChI is InChI=1S/C29H30ClN3O4/c1-19-18-27(33(20(2)34)23-13-11-22(30)12-14-23)25-6-3-4-7-26(25)32(19)29(36)21-9-15-24(16-10-21)37-17-5-8-28(31)35/h3-4,6-7,9-16,19,27H,5,8,17-18H2,1-2H3,(H2,31,35)/t19-,27+/m0/s1. The van der Waals surface area contributed by atoms with Gasteiger partial charge in [0.2, 0.25) is 11.8 Å². The third kappa shape index (κ3) is 5.94. The molecule has 3 aromatic carbocycles. The second kappa shape index (κ2) is 11.5. The number of anilines is 2. The van der Waals surface area contributed by atoms with E-state index in [0.717, 1.165) is 16.9 Å². The maximum absolute atomic E-state index is 13.7. The molecule has 0 fully saturated rings. The highest BCUT2D eigenvalue weighted by atomic mass is 35.5. The van der Waals surface area contributed by atoms with Gasteiger partial charge < -0.3 is 20.3 Å². The van der Waals surface area contributed by atoms with Crippen LogP contribution in [0.15, 0.2) is 72.8 Å². The molecule has 0 unspecified atom stereocenters. The number of halogens is 1. The van der Waals surface area contributed by atoms with Gasteiger partial charge >= 0.3 is 0 Å². The van der Waals surface area contributed by atoms with E-state index in [9.17, 15) is 14.4 Å². The van der Waals surface area contributed by atoms with Gasteiger partial charge in [-0.2, -0.15) is 0 Å². The highest BCUT2D eigenvalue weighted by Gasteiger charge is 2.38. The molecule has 7 nitrogen and oxygen atoms in total. The third-order valence-corrected chi connectivity index (χ3v) is 6.72. The highest BCUT2D eigenvalue weighted by Crippen LogP contribution is 2.42. The van der Waals surface area contributed by atoms with Crippen LogP contribution in [0.2, 0.25) is 5.02 Å². The normalized spacial score (nSPS) is 16.6. The molecule has 2 N–H and O–H groups in total. The molecule has 0 spiro atoms. The summed E-state index contributed by atoms with van der Waals surface area (Å²) in [4.78, 5) is 40.9. The number of fused-ring (bicyclic) bond motifs is 1. The molecule has 0 aliphatic carbocycles. The molecular weight excluding hydrogens is 490 g/mol. The van der Waals surface area contributed by atoms with Gasteiger partial charge in [-0.1, -0.05) is 29.8 Å². The first-order valence-electron chi connectivity index (χ1n) is 12.2. The molecule has 0 bridgehead atoms. The molecule has 0 radical (unpaired) electrons. The van der Waals surface area contributed by atoms with Crippen molar-refractivity contribution < 1.29 is 19.1 Å². The van der Waals surface area contributed by atoms with Crippen LogP contribution in [0.3, 0.4) is 0 Å². The Kier molecular flexibility index (Phi) is 8.14. The fourth-order valence-electron chi connectivity index (χ4n) is 4.79. The zero-order valence-corrected chi connectivity index (χ0v) is 21.6. The van der Waals surface area contributed by atoms with E-state index in [1.54, 1.807) is 53.1 Å². The Morgan fingerprint density at radius 2 is 1.70 bits per heavy atom. The van der Waals surface area contributed by atoms with E-state index in [1.807, 2.05) is 43.3 Å². The summed E-state index contributed by atoms with van der Waals surface area (Å²) < 4.78 is 5.65. The number of hydrogen-bond acceptors (Lipinski definition) is 4.